The lowest BCUT2D eigenvalue weighted by Crippen LogP contribution is -2.48. The van der Waals surface area contributed by atoms with Gasteiger partial charge >= 0.3 is 0 Å². The molecule has 2 aliphatic rings. The second-order valence-corrected chi connectivity index (χ2v) is 5.37. The Bertz CT molecular complexity index is 313. The number of nitrogens with zero attached hydrogens (tertiary/aromatic N) is 1. The number of nitrogens with two attached hydrogens (primary N) is 1. The molecule has 0 aromatic heterocycles. The Morgan fingerprint density at radius 2 is 2.11 bits per heavy atom. The molecule has 102 valence electrons. The second kappa shape index (κ2) is 6.18. The maximum absolute atomic E-state index is 11.9. The second-order valence-electron chi connectivity index (χ2n) is 5.37. The zero-order chi connectivity index (χ0) is 13.0. The lowest BCUT2D eigenvalue weighted by molar-refractivity contribution is -0.133. The van der Waals surface area contributed by atoms with E-state index in [4.69, 9.17) is 5.73 Å². The first-order chi connectivity index (χ1) is 8.70. The predicted molar refractivity (Wildman–Crippen MR) is 68.8 cm³/mol. The number of amides is 2. The fourth-order valence-electron chi connectivity index (χ4n) is 3.03. The lowest BCUT2D eigenvalue weighted by atomic mass is 9.98. The molecule has 1 aliphatic heterocycles. The summed E-state index contributed by atoms with van der Waals surface area (Å²) in [5, 5.41) is 3.00. The van der Waals surface area contributed by atoms with Crippen molar-refractivity contribution < 1.29 is 9.59 Å². The van der Waals surface area contributed by atoms with E-state index in [-0.39, 0.29) is 24.4 Å². The van der Waals surface area contributed by atoms with E-state index in [9.17, 15) is 9.59 Å². The van der Waals surface area contributed by atoms with Crippen molar-refractivity contribution in [1.29, 1.82) is 0 Å². The highest BCUT2D eigenvalue weighted by molar-refractivity contribution is 5.85. The molecule has 0 radical (unpaired) electrons. The van der Waals surface area contributed by atoms with Gasteiger partial charge in [0.05, 0.1) is 6.54 Å². The van der Waals surface area contributed by atoms with Gasteiger partial charge in [-0.2, -0.15) is 0 Å². The number of hydrogen-bond donors (Lipinski definition) is 2. The highest BCUT2D eigenvalue weighted by atomic mass is 16.2. The van der Waals surface area contributed by atoms with Crippen LogP contribution in [0.1, 0.15) is 38.5 Å². The van der Waals surface area contributed by atoms with Gasteiger partial charge in [0.1, 0.15) is 0 Å². The van der Waals surface area contributed by atoms with Gasteiger partial charge in [-0.3, -0.25) is 9.59 Å². The Morgan fingerprint density at radius 1 is 1.39 bits per heavy atom. The van der Waals surface area contributed by atoms with Gasteiger partial charge in [0.2, 0.25) is 11.8 Å². The van der Waals surface area contributed by atoms with E-state index in [0.29, 0.717) is 25.4 Å². The minimum absolute atomic E-state index is 0.0624. The van der Waals surface area contributed by atoms with Crippen molar-refractivity contribution in [1.82, 2.24) is 10.2 Å². The molecule has 5 nitrogen and oxygen atoms in total. The molecule has 1 unspecified atom stereocenters. The van der Waals surface area contributed by atoms with Gasteiger partial charge in [0, 0.05) is 25.6 Å². The standard InChI is InChI=1S/C13H23N3O2/c14-8-11(10-4-1-2-5-10)15-12(17)9-16-7-3-6-13(16)18/h10-11H,1-9,14H2,(H,15,17). The summed E-state index contributed by atoms with van der Waals surface area (Å²) >= 11 is 0. The van der Waals surface area contributed by atoms with Crippen molar-refractivity contribution in [2.75, 3.05) is 19.6 Å². The summed E-state index contributed by atoms with van der Waals surface area (Å²) in [7, 11) is 0. The highest BCUT2D eigenvalue weighted by Crippen LogP contribution is 2.27. The molecule has 0 aromatic carbocycles. The van der Waals surface area contributed by atoms with Crippen LogP contribution in [0.3, 0.4) is 0 Å². The summed E-state index contributed by atoms with van der Waals surface area (Å²) < 4.78 is 0. The minimum atomic E-state index is -0.0624. The zero-order valence-electron chi connectivity index (χ0n) is 10.9. The van der Waals surface area contributed by atoms with Crippen LogP contribution in [0, 0.1) is 5.92 Å². The molecule has 1 saturated heterocycles. The Morgan fingerprint density at radius 3 is 2.67 bits per heavy atom. The molecule has 1 aliphatic carbocycles. The molecule has 2 amide bonds. The van der Waals surface area contributed by atoms with Crippen LogP contribution in [0.25, 0.3) is 0 Å². The molecule has 18 heavy (non-hydrogen) atoms. The van der Waals surface area contributed by atoms with Crippen molar-refractivity contribution in [2.24, 2.45) is 11.7 Å². The Balaban J connectivity index is 1.79. The first-order valence-electron chi connectivity index (χ1n) is 6.98. The maximum Gasteiger partial charge on any atom is 0.239 e. The topological polar surface area (TPSA) is 75.4 Å². The average Bonchev–Trinajstić information content (AvgIpc) is 2.99. The van der Waals surface area contributed by atoms with Crippen LogP contribution < -0.4 is 11.1 Å². The van der Waals surface area contributed by atoms with E-state index in [1.54, 1.807) is 4.90 Å². The van der Waals surface area contributed by atoms with E-state index in [1.807, 2.05) is 0 Å². The van der Waals surface area contributed by atoms with Crippen LogP contribution >= 0.6 is 0 Å². The molecule has 0 aromatic rings. The van der Waals surface area contributed by atoms with Gasteiger partial charge in [0.25, 0.3) is 0 Å². The van der Waals surface area contributed by atoms with Gasteiger partial charge in [-0.15, -0.1) is 0 Å². The molecule has 2 rings (SSSR count). The minimum Gasteiger partial charge on any atom is -0.350 e. The SMILES string of the molecule is NCC(NC(=O)CN1CCCC1=O)C1CCCC1. The summed E-state index contributed by atoms with van der Waals surface area (Å²) in [6, 6.07) is 0.0812. The van der Waals surface area contributed by atoms with Crippen LogP contribution in [0.15, 0.2) is 0 Å². The van der Waals surface area contributed by atoms with Gasteiger partial charge in [-0.05, 0) is 25.2 Å². The summed E-state index contributed by atoms with van der Waals surface area (Å²) in [6.45, 7) is 1.40. The molecule has 0 spiro atoms. The van der Waals surface area contributed by atoms with Crippen LogP contribution in [-0.4, -0.2) is 42.4 Å². The third-order valence-corrected chi connectivity index (χ3v) is 4.08. The largest absolute Gasteiger partial charge is 0.350 e. The van der Waals surface area contributed by atoms with Gasteiger partial charge in [-0.1, -0.05) is 12.8 Å². The van der Waals surface area contributed by atoms with Crippen LogP contribution in [-0.2, 0) is 9.59 Å². The van der Waals surface area contributed by atoms with Crippen molar-refractivity contribution in [3.8, 4) is 0 Å². The molecule has 5 heteroatoms. The number of likely N-dealkylation sites (tertiary alicyclic amines) is 1. The van der Waals surface area contributed by atoms with Gasteiger partial charge in [0.15, 0.2) is 0 Å². The summed E-state index contributed by atoms with van der Waals surface area (Å²) in [4.78, 5) is 25.0. The highest BCUT2D eigenvalue weighted by Gasteiger charge is 2.27. The smallest absolute Gasteiger partial charge is 0.239 e. The number of rotatable bonds is 5. The monoisotopic (exact) mass is 253 g/mol. The van der Waals surface area contributed by atoms with Gasteiger partial charge < -0.3 is 16.0 Å². The molecular weight excluding hydrogens is 230 g/mol. The molecule has 1 atom stereocenters. The van der Waals surface area contributed by atoms with Crippen LogP contribution in [0.2, 0.25) is 0 Å². The maximum atomic E-state index is 11.9. The number of carbonyl (C=O) groups is 2. The Hall–Kier alpha value is -1.10. The van der Waals surface area contributed by atoms with Crippen LogP contribution in [0.4, 0.5) is 0 Å². The van der Waals surface area contributed by atoms with Crippen LogP contribution in [0.5, 0.6) is 0 Å². The van der Waals surface area contributed by atoms with Gasteiger partial charge in [-0.25, -0.2) is 0 Å². The number of hydrogen-bond acceptors (Lipinski definition) is 3. The summed E-state index contributed by atoms with van der Waals surface area (Å²) in [6.07, 6.45) is 6.24. The fourth-order valence-corrected chi connectivity index (χ4v) is 3.03. The molecule has 0 bridgehead atoms. The quantitative estimate of drug-likeness (QED) is 0.737. The summed E-state index contributed by atoms with van der Waals surface area (Å²) in [5.41, 5.74) is 5.74. The predicted octanol–water partition coefficient (Wildman–Crippen LogP) is 0.242. The molecule has 2 fully saturated rings. The normalized spacial score (nSPS) is 22.5. The van der Waals surface area contributed by atoms with E-state index in [2.05, 4.69) is 5.32 Å². The molecule has 1 heterocycles. The molecular formula is C13H23N3O2. The third kappa shape index (κ3) is 3.22. The average molecular weight is 253 g/mol. The number of carbonyl (C=O) groups excluding carboxylic acids is 2. The van der Waals surface area contributed by atoms with E-state index >= 15 is 0 Å². The third-order valence-electron chi connectivity index (χ3n) is 4.08. The lowest BCUT2D eigenvalue weighted by Gasteiger charge is -2.24. The number of nitrogens with one attached hydrogen (secondary N) is 1. The summed E-state index contributed by atoms with van der Waals surface area (Å²) in [5.74, 6) is 0.552. The fraction of sp³-hybridized carbons (Fsp3) is 0.846. The first-order valence-corrected chi connectivity index (χ1v) is 6.98. The van der Waals surface area contributed by atoms with Crippen molar-refractivity contribution >= 4 is 11.8 Å². The van der Waals surface area contributed by atoms with Crippen molar-refractivity contribution in [2.45, 2.75) is 44.6 Å². The van der Waals surface area contributed by atoms with Crippen molar-refractivity contribution in [3.63, 3.8) is 0 Å². The van der Waals surface area contributed by atoms with E-state index < -0.39 is 0 Å². The first kappa shape index (κ1) is 13.3. The van der Waals surface area contributed by atoms with E-state index in [1.165, 1.54) is 12.8 Å². The Labute approximate surface area is 108 Å². The molecule has 1 saturated carbocycles. The molecule has 3 N–H and O–H groups in total. The van der Waals surface area contributed by atoms with E-state index in [0.717, 1.165) is 19.3 Å². The van der Waals surface area contributed by atoms with Crippen molar-refractivity contribution in [3.05, 3.63) is 0 Å². The Kier molecular flexibility index (Phi) is 4.58. The zero-order valence-corrected chi connectivity index (χ0v) is 10.9.